The number of aromatic nitrogens is 1. The third kappa shape index (κ3) is 6.55. The number of aryl methyl sites for hydroxylation is 1. The van der Waals surface area contributed by atoms with Crippen LogP contribution in [0.4, 0.5) is 17.1 Å². The van der Waals surface area contributed by atoms with E-state index in [9.17, 15) is 10.1 Å². The molecule has 3 rings (SSSR count). The molecular formula is C22H22Cl2N5O2+. The predicted molar refractivity (Wildman–Crippen MR) is 122 cm³/mol. The van der Waals surface area contributed by atoms with Gasteiger partial charge in [-0.3, -0.25) is 10.1 Å². The highest BCUT2D eigenvalue weighted by Gasteiger charge is 2.14. The summed E-state index contributed by atoms with van der Waals surface area (Å²) in [5.74, 6) is 0. The van der Waals surface area contributed by atoms with Crippen LogP contribution in [0, 0.1) is 17.0 Å². The van der Waals surface area contributed by atoms with Crippen LogP contribution in [0.3, 0.4) is 0 Å². The van der Waals surface area contributed by atoms with Crippen LogP contribution < -0.4 is 9.88 Å². The number of hydrogen-bond acceptors (Lipinski definition) is 5. The molecule has 0 radical (unpaired) electrons. The van der Waals surface area contributed by atoms with E-state index in [0.29, 0.717) is 5.69 Å². The lowest BCUT2D eigenvalue weighted by Crippen LogP contribution is -2.38. The maximum Gasteiger partial charge on any atom is 0.272 e. The topological polar surface area (TPSA) is 83.8 Å². The minimum Gasteiger partial charge on any atom is -0.311 e. The Morgan fingerprint density at radius 2 is 1.74 bits per heavy atom. The summed E-state index contributed by atoms with van der Waals surface area (Å²) in [5.41, 5.74) is 2.86. The fourth-order valence-corrected chi connectivity index (χ4v) is 3.54. The van der Waals surface area contributed by atoms with Gasteiger partial charge in [0.1, 0.15) is 5.69 Å². The van der Waals surface area contributed by atoms with Gasteiger partial charge in [0.2, 0.25) is 0 Å². The van der Waals surface area contributed by atoms with Gasteiger partial charge in [-0.25, -0.2) is 4.57 Å². The smallest absolute Gasteiger partial charge is 0.272 e. The van der Waals surface area contributed by atoms with Crippen LogP contribution in [-0.2, 0) is 13.0 Å². The lowest BCUT2D eigenvalue weighted by atomic mass is 10.1. The summed E-state index contributed by atoms with van der Waals surface area (Å²) in [6.45, 7) is 4.65. The van der Waals surface area contributed by atoms with Gasteiger partial charge >= 0.3 is 0 Å². The summed E-state index contributed by atoms with van der Waals surface area (Å²) in [6, 6.07) is 14.4. The van der Waals surface area contributed by atoms with E-state index in [0.717, 1.165) is 31.6 Å². The number of nitrogens with one attached hydrogen (secondary N) is 1. The van der Waals surface area contributed by atoms with Gasteiger partial charge in [-0.2, -0.15) is 5.11 Å². The molecule has 2 aromatic carbocycles. The standard InChI is InChI=1S/C22H22Cl2N5O2/c1-16-13-17(7-8-25-9-12-28-10-3-2-4-11-28)5-6-21(16)26-27-22-19(23)14-18(29(30)31)15-20(22)24/h2-6,10-11,13-15,25H,7-9,12H2,1H3/q+1. The predicted octanol–water partition coefficient (Wildman–Crippen LogP) is 5.75. The highest BCUT2D eigenvalue weighted by atomic mass is 35.5. The first kappa shape index (κ1) is 22.8. The highest BCUT2D eigenvalue weighted by molar-refractivity contribution is 6.39. The van der Waals surface area contributed by atoms with Gasteiger partial charge in [-0.15, -0.1) is 5.11 Å². The van der Waals surface area contributed by atoms with E-state index >= 15 is 0 Å². The number of nitro groups is 1. The van der Waals surface area contributed by atoms with Crippen molar-refractivity contribution in [2.45, 2.75) is 19.9 Å². The third-order valence-corrected chi connectivity index (χ3v) is 5.22. The number of benzene rings is 2. The molecule has 0 spiro atoms. The summed E-state index contributed by atoms with van der Waals surface area (Å²) in [5, 5.41) is 22.8. The molecule has 0 aliphatic carbocycles. The summed E-state index contributed by atoms with van der Waals surface area (Å²) < 4.78 is 2.14. The van der Waals surface area contributed by atoms with E-state index in [1.54, 1.807) is 0 Å². The zero-order valence-corrected chi connectivity index (χ0v) is 18.5. The molecule has 0 saturated heterocycles. The van der Waals surface area contributed by atoms with Crippen molar-refractivity contribution in [1.29, 1.82) is 0 Å². The zero-order chi connectivity index (χ0) is 22.2. The SMILES string of the molecule is Cc1cc(CCNCC[n+]2ccccc2)ccc1N=Nc1c(Cl)cc([N+](=O)[O-])cc1Cl. The van der Waals surface area contributed by atoms with Crippen molar-refractivity contribution in [1.82, 2.24) is 5.32 Å². The van der Waals surface area contributed by atoms with E-state index in [-0.39, 0.29) is 21.4 Å². The molecule has 0 fully saturated rings. The van der Waals surface area contributed by atoms with Crippen LogP contribution >= 0.6 is 23.2 Å². The number of pyridine rings is 1. The molecule has 1 N–H and O–H groups in total. The van der Waals surface area contributed by atoms with E-state index in [2.05, 4.69) is 38.6 Å². The molecule has 0 aliphatic rings. The lowest BCUT2D eigenvalue weighted by molar-refractivity contribution is -0.695. The van der Waals surface area contributed by atoms with Crippen LogP contribution in [-0.4, -0.2) is 18.0 Å². The maximum absolute atomic E-state index is 10.9. The van der Waals surface area contributed by atoms with Gasteiger partial charge in [-0.05, 0) is 37.1 Å². The number of nitrogens with zero attached hydrogens (tertiary/aromatic N) is 4. The number of rotatable bonds is 9. The molecule has 3 aromatic rings. The Morgan fingerprint density at radius 1 is 1.03 bits per heavy atom. The van der Waals surface area contributed by atoms with Gasteiger partial charge in [0.15, 0.2) is 18.9 Å². The Kier molecular flexibility index (Phi) is 8.06. The average molecular weight is 459 g/mol. The Hall–Kier alpha value is -2.87. The minimum atomic E-state index is -0.559. The van der Waals surface area contributed by atoms with Crippen molar-refractivity contribution in [2.24, 2.45) is 10.2 Å². The van der Waals surface area contributed by atoms with Gasteiger partial charge in [0.05, 0.1) is 27.2 Å². The van der Waals surface area contributed by atoms with Gasteiger partial charge in [-0.1, -0.05) is 41.4 Å². The second-order valence-electron chi connectivity index (χ2n) is 6.95. The largest absolute Gasteiger partial charge is 0.311 e. The van der Waals surface area contributed by atoms with Crippen LogP contribution in [0.15, 0.2) is 71.2 Å². The first-order valence-corrected chi connectivity index (χ1v) is 10.5. The molecule has 0 unspecified atom stereocenters. The molecule has 0 saturated carbocycles. The van der Waals surface area contributed by atoms with Crippen LogP contribution in [0.5, 0.6) is 0 Å². The van der Waals surface area contributed by atoms with E-state index < -0.39 is 4.92 Å². The molecule has 0 atom stereocenters. The van der Waals surface area contributed by atoms with E-state index in [1.165, 1.54) is 17.7 Å². The molecule has 160 valence electrons. The Morgan fingerprint density at radius 3 is 2.39 bits per heavy atom. The fourth-order valence-electron chi connectivity index (χ4n) is 2.99. The third-order valence-electron chi connectivity index (χ3n) is 4.65. The number of nitro benzene ring substituents is 1. The zero-order valence-electron chi connectivity index (χ0n) is 17.0. The summed E-state index contributed by atoms with van der Waals surface area (Å²) in [7, 11) is 0. The molecule has 9 heteroatoms. The van der Waals surface area contributed by atoms with Gasteiger partial charge < -0.3 is 5.32 Å². The highest BCUT2D eigenvalue weighted by Crippen LogP contribution is 2.38. The number of non-ortho nitro benzene ring substituents is 1. The molecular weight excluding hydrogens is 437 g/mol. The van der Waals surface area contributed by atoms with Crippen molar-refractivity contribution >= 4 is 40.3 Å². The summed E-state index contributed by atoms with van der Waals surface area (Å²) in [6.07, 6.45) is 5.00. The Labute approximate surface area is 190 Å². The first-order chi connectivity index (χ1) is 14.9. The number of halogens is 2. The van der Waals surface area contributed by atoms with E-state index in [4.69, 9.17) is 23.2 Å². The normalized spacial score (nSPS) is 11.2. The van der Waals surface area contributed by atoms with Crippen molar-refractivity contribution in [2.75, 3.05) is 13.1 Å². The number of hydrogen-bond donors (Lipinski definition) is 1. The van der Waals surface area contributed by atoms with Crippen molar-refractivity contribution in [3.05, 3.63) is 92.2 Å². The Balaban J connectivity index is 1.56. The van der Waals surface area contributed by atoms with Gasteiger partial charge in [0, 0.05) is 24.3 Å². The minimum absolute atomic E-state index is 0.0805. The molecule has 0 amide bonds. The summed E-state index contributed by atoms with van der Waals surface area (Å²) >= 11 is 12.2. The monoisotopic (exact) mass is 458 g/mol. The second-order valence-corrected chi connectivity index (χ2v) is 7.76. The van der Waals surface area contributed by atoms with Crippen molar-refractivity contribution in [3.8, 4) is 0 Å². The lowest BCUT2D eigenvalue weighted by Gasteiger charge is -2.06. The van der Waals surface area contributed by atoms with E-state index in [1.807, 2.05) is 37.3 Å². The quantitative estimate of drug-likeness (QED) is 0.146. The van der Waals surface area contributed by atoms with Crippen LogP contribution in [0.1, 0.15) is 11.1 Å². The average Bonchev–Trinajstić information content (AvgIpc) is 2.74. The molecule has 1 heterocycles. The Bertz CT molecular complexity index is 1070. The van der Waals surface area contributed by atoms with Crippen molar-refractivity contribution < 1.29 is 9.49 Å². The molecule has 31 heavy (non-hydrogen) atoms. The van der Waals surface area contributed by atoms with Crippen molar-refractivity contribution in [3.63, 3.8) is 0 Å². The second kappa shape index (κ2) is 10.9. The molecule has 0 bridgehead atoms. The maximum atomic E-state index is 10.9. The molecule has 7 nitrogen and oxygen atoms in total. The van der Waals surface area contributed by atoms with Gasteiger partial charge in [0.25, 0.3) is 5.69 Å². The van der Waals surface area contributed by atoms with Crippen LogP contribution in [0.2, 0.25) is 10.0 Å². The first-order valence-electron chi connectivity index (χ1n) is 9.73. The molecule has 0 aliphatic heterocycles. The number of azo groups is 1. The van der Waals surface area contributed by atoms with Crippen LogP contribution in [0.25, 0.3) is 0 Å². The fraction of sp³-hybridized carbons (Fsp3) is 0.227. The molecule has 1 aromatic heterocycles. The summed E-state index contributed by atoms with van der Waals surface area (Å²) in [4.78, 5) is 10.3.